The molecule has 0 aliphatic rings. The summed E-state index contributed by atoms with van der Waals surface area (Å²) >= 11 is -1.61. The predicted octanol–water partition coefficient (Wildman–Crippen LogP) is 2.02. The molecule has 1 radical (unpaired) electrons. The number of para-hydroxylation sites is 1. The van der Waals surface area contributed by atoms with Crippen LogP contribution in [-0.2, 0) is 64.0 Å². The smallest absolute Gasteiger partial charge is 0.297 e. The van der Waals surface area contributed by atoms with Crippen molar-refractivity contribution in [2.45, 2.75) is 9.79 Å². The molecule has 0 fully saturated rings. The van der Waals surface area contributed by atoms with Crippen LogP contribution in [0.4, 0.5) is 11.4 Å². The minimum atomic E-state index is -4.62. The molecule has 3 aromatic rings. The van der Waals surface area contributed by atoms with Crippen molar-refractivity contribution in [3.8, 4) is 0 Å². The Hall–Kier alpha value is -1.45. The van der Waals surface area contributed by atoms with E-state index < -0.39 is 41.1 Å². The average molecular weight is 565 g/mol. The first-order valence-corrected chi connectivity index (χ1v) is 12.2. The van der Waals surface area contributed by atoms with Crippen LogP contribution in [0.25, 0.3) is 10.8 Å². The maximum atomic E-state index is 11.3. The average Bonchev–Trinajstić information content (AvgIpc) is 2.59. The second-order valence-corrected chi connectivity index (χ2v) is 9.22. The summed E-state index contributed by atoms with van der Waals surface area (Å²) in [4.78, 5) is -1.05. The molecule has 0 spiro atoms. The van der Waals surface area contributed by atoms with Crippen LogP contribution in [0.3, 0.4) is 0 Å². The molecule has 0 amide bonds. The second kappa shape index (κ2) is 12.6. The largest absolute Gasteiger partial charge is 0.399 e. The second-order valence-electron chi connectivity index (χ2n) is 5.62. The monoisotopic (exact) mass is 565 g/mol. The molecule has 167 valence electrons. The molecule has 0 aromatic heterocycles. The molecule has 10 nitrogen and oxygen atoms in total. The molecule has 0 bridgehead atoms. The van der Waals surface area contributed by atoms with E-state index in [1.807, 2.05) is 30.3 Å². The van der Waals surface area contributed by atoms with Crippen molar-refractivity contribution in [2.75, 3.05) is 17.7 Å². The molecular formula is C17H20N2O8S3Y. The topological polar surface area (TPSA) is 198 Å². The zero-order chi connectivity index (χ0) is 23.1. The number of fused-ring (bicyclic) bond motifs is 1. The fourth-order valence-corrected chi connectivity index (χ4v) is 3.81. The summed E-state index contributed by atoms with van der Waals surface area (Å²) < 4.78 is 79.9. The van der Waals surface area contributed by atoms with Crippen molar-refractivity contribution < 1.29 is 67.4 Å². The normalized spacial score (nSPS) is 11.7. The van der Waals surface area contributed by atoms with Crippen LogP contribution < -0.4 is 11.5 Å². The van der Waals surface area contributed by atoms with Gasteiger partial charge in [0.15, 0.2) is 0 Å². The summed E-state index contributed by atoms with van der Waals surface area (Å²) in [5, 5.41) is -0.135. The molecule has 1 atom stereocenters. The van der Waals surface area contributed by atoms with Gasteiger partial charge >= 0.3 is 0 Å². The van der Waals surface area contributed by atoms with E-state index in [4.69, 9.17) is 29.3 Å². The van der Waals surface area contributed by atoms with Gasteiger partial charge in [-0.3, -0.25) is 9.11 Å². The van der Waals surface area contributed by atoms with Gasteiger partial charge < -0.3 is 16.0 Å². The van der Waals surface area contributed by atoms with Crippen molar-refractivity contribution in [1.82, 2.24) is 0 Å². The van der Waals surface area contributed by atoms with Gasteiger partial charge in [-0.05, 0) is 24.3 Å². The van der Waals surface area contributed by atoms with E-state index in [0.29, 0.717) is 0 Å². The van der Waals surface area contributed by atoms with Crippen LogP contribution in [0.15, 0.2) is 70.5 Å². The number of hydrogen-bond donors (Lipinski definition) is 5. The van der Waals surface area contributed by atoms with E-state index in [1.54, 1.807) is 0 Å². The van der Waals surface area contributed by atoms with E-state index in [1.165, 1.54) is 24.5 Å². The fraction of sp³-hybridized carbons (Fsp3) is 0.0588. The molecular weight excluding hydrogens is 545 g/mol. The Balaban J connectivity index is 0.000000621. The van der Waals surface area contributed by atoms with Gasteiger partial charge in [0.05, 0.1) is 5.69 Å². The molecule has 3 rings (SSSR count). The van der Waals surface area contributed by atoms with Gasteiger partial charge in [-0.2, -0.15) is 16.8 Å². The third-order valence-electron chi connectivity index (χ3n) is 3.34. The van der Waals surface area contributed by atoms with E-state index in [-0.39, 0.29) is 49.2 Å². The van der Waals surface area contributed by atoms with Gasteiger partial charge in [0.2, 0.25) is 0 Å². The van der Waals surface area contributed by atoms with Gasteiger partial charge in [0.25, 0.3) is 20.2 Å². The summed E-state index contributed by atoms with van der Waals surface area (Å²) in [5.41, 5.74) is 11.4. The quantitative estimate of drug-likeness (QED) is 0.174. The number of benzene rings is 3. The van der Waals surface area contributed by atoms with E-state index in [9.17, 15) is 16.8 Å². The third kappa shape index (κ3) is 9.70. The maximum absolute atomic E-state index is 11.3. The Morgan fingerprint density at radius 1 is 0.774 bits per heavy atom. The molecule has 0 saturated heterocycles. The zero-order valence-electron chi connectivity index (χ0n) is 16.1. The van der Waals surface area contributed by atoms with Crippen LogP contribution in [0.2, 0.25) is 0 Å². The fourth-order valence-electron chi connectivity index (χ4n) is 2.28. The Kier molecular flexibility index (Phi) is 12.0. The van der Waals surface area contributed by atoms with Crippen molar-refractivity contribution >= 4 is 53.5 Å². The van der Waals surface area contributed by atoms with Crippen LogP contribution in [0.5, 0.6) is 0 Å². The van der Waals surface area contributed by atoms with E-state index in [0.717, 1.165) is 17.8 Å². The molecule has 1 unspecified atom stereocenters. The number of nitrogens with two attached hydrogens (primary N) is 2. The maximum Gasteiger partial charge on any atom is 0.297 e. The first-order valence-electron chi connectivity index (χ1n) is 7.84. The molecule has 31 heavy (non-hydrogen) atoms. The summed E-state index contributed by atoms with van der Waals surface area (Å²) in [6.45, 7) is 0. The molecule has 0 aliphatic carbocycles. The van der Waals surface area contributed by atoms with Gasteiger partial charge in [0.1, 0.15) is 20.9 Å². The van der Waals surface area contributed by atoms with Crippen molar-refractivity contribution in [2.24, 2.45) is 0 Å². The van der Waals surface area contributed by atoms with Gasteiger partial charge in [0, 0.05) is 55.4 Å². The number of nitrogen functional groups attached to an aromatic ring is 2. The molecule has 0 heterocycles. The summed E-state index contributed by atoms with van der Waals surface area (Å²) in [6, 6.07) is 15.5. The molecule has 7 N–H and O–H groups in total. The van der Waals surface area contributed by atoms with Crippen LogP contribution >= 0.6 is 0 Å². The number of hydrogen-bond acceptors (Lipinski definition) is 7. The molecule has 3 aromatic carbocycles. The Morgan fingerprint density at radius 2 is 1.29 bits per heavy atom. The Morgan fingerprint density at radius 3 is 1.68 bits per heavy atom. The minimum Gasteiger partial charge on any atom is -0.399 e. The number of anilines is 2. The molecule has 0 aliphatic heterocycles. The summed E-state index contributed by atoms with van der Waals surface area (Å²) in [6.07, 6.45) is 1.19. The summed E-state index contributed by atoms with van der Waals surface area (Å²) in [5.74, 6) is 0. The van der Waals surface area contributed by atoms with Gasteiger partial charge in [-0.15, -0.1) is 0 Å². The molecule has 14 heteroatoms. The SMILES string of the molecule is CS(=O)O.Nc1ccc2c(S(=O)(=O)O)cccc2c1S(=O)(=O)O.Nc1ccccc1.[Y]. The Bertz CT molecular complexity index is 1250. The van der Waals surface area contributed by atoms with Crippen LogP contribution in [0.1, 0.15) is 0 Å². The van der Waals surface area contributed by atoms with E-state index in [2.05, 4.69) is 0 Å². The predicted molar refractivity (Wildman–Crippen MR) is 116 cm³/mol. The van der Waals surface area contributed by atoms with Crippen LogP contribution in [-0.4, -0.2) is 41.0 Å². The first-order chi connectivity index (χ1) is 13.7. The standard InChI is InChI=1S/C10H9NO6S2.C6H7N.CH4O2S.Y/c11-8-5-4-6-7(10(8)19(15,16)17)2-1-3-9(6)18(12,13)14;7-6-4-2-1-3-5-6;1-4(2)3;/h1-5H,11H2,(H,12,13,14)(H,15,16,17);1-5H,7H2;1H3,(H,2,3);. The zero-order valence-corrected chi connectivity index (χ0v) is 21.4. The Labute approximate surface area is 207 Å². The van der Waals surface area contributed by atoms with Crippen LogP contribution in [0, 0.1) is 0 Å². The number of rotatable bonds is 2. The van der Waals surface area contributed by atoms with Gasteiger partial charge in [-0.25, -0.2) is 4.21 Å². The molecule has 0 saturated carbocycles. The third-order valence-corrected chi connectivity index (χ3v) is 5.22. The first kappa shape index (κ1) is 29.6. The van der Waals surface area contributed by atoms with Crippen molar-refractivity contribution in [3.05, 3.63) is 60.7 Å². The van der Waals surface area contributed by atoms with Crippen molar-refractivity contribution in [1.29, 1.82) is 0 Å². The van der Waals surface area contributed by atoms with E-state index >= 15 is 0 Å². The summed E-state index contributed by atoms with van der Waals surface area (Å²) in [7, 11) is -9.15. The minimum absolute atomic E-state index is 0. The van der Waals surface area contributed by atoms with Gasteiger partial charge in [-0.1, -0.05) is 36.4 Å². The van der Waals surface area contributed by atoms with Crippen molar-refractivity contribution in [3.63, 3.8) is 0 Å².